The summed E-state index contributed by atoms with van der Waals surface area (Å²) in [7, 11) is 0. The fraction of sp³-hybridized carbons (Fsp3) is 0.211. The van der Waals surface area contributed by atoms with Crippen molar-refractivity contribution in [3.63, 3.8) is 0 Å². The molecule has 0 atom stereocenters. The lowest BCUT2D eigenvalue weighted by molar-refractivity contribution is -0.137. The van der Waals surface area contributed by atoms with Gasteiger partial charge in [0.2, 0.25) is 0 Å². The summed E-state index contributed by atoms with van der Waals surface area (Å²) in [6.07, 6.45) is 2.79. The summed E-state index contributed by atoms with van der Waals surface area (Å²) < 4.78 is 6.26. The average molecular weight is 456 g/mol. The first kappa shape index (κ1) is 20.9. The number of thioether (sulfide) groups is 1. The fourth-order valence-corrected chi connectivity index (χ4v) is 4.42. The molecule has 1 aromatic carbocycles. The Kier molecular flexibility index (Phi) is 6.82. The summed E-state index contributed by atoms with van der Waals surface area (Å²) in [6.45, 7) is 0.402. The number of unbranched alkanes of at least 4 members (excludes halogenated alkanes) is 1. The summed E-state index contributed by atoms with van der Waals surface area (Å²) in [6, 6.07) is 8.65. The highest BCUT2D eigenvalue weighted by Crippen LogP contribution is 2.35. The van der Waals surface area contributed by atoms with Crippen molar-refractivity contribution in [3.05, 3.63) is 51.0 Å². The van der Waals surface area contributed by atoms with E-state index >= 15 is 0 Å². The number of carboxylic acid groups (broad SMARTS) is 1. The number of rotatable bonds is 7. The molecule has 5 nitrogen and oxygen atoms in total. The summed E-state index contributed by atoms with van der Waals surface area (Å²) in [5.74, 6) is 0.0250. The lowest BCUT2D eigenvalue weighted by Gasteiger charge is -2.13. The molecule has 0 unspecified atom stereocenters. The van der Waals surface area contributed by atoms with Gasteiger partial charge in [-0.1, -0.05) is 47.2 Å². The maximum atomic E-state index is 12.6. The van der Waals surface area contributed by atoms with Gasteiger partial charge in [-0.15, -0.1) is 0 Å². The zero-order chi connectivity index (χ0) is 20.3. The average Bonchev–Trinajstić information content (AvgIpc) is 3.18. The van der Waals surface area contributed by atoms with Gasteiger partial charge in [0, 0.05) is 29.6 Å². The maximum Gasteiger partial charge on any atom is 0.303 e. The highest BCUT2D eigenvalue weighted by atomic mass is 35.5. The molecule has 0 bridgehead atoms. The molecule has 1 N–H and O–H groups in total. The van der Waals surface area contributed by atoms with E-state index in [2.05, 4.69) is 0 Å². The minimum Gasteiger partial charge on any atom is -0.481 e. The van der Waals surface area contributed by atoms with Crippen LogP contribution in [0.25, 0.3) is 17.4 Å². The Hall–Kier alpha value is -1.80. The number of nitrogens with zero attached hydrogens (tertiary/aromatic N) is 1. The maximum absolute atomic E-state index is 12.6. The lowest BCUT2D eigenvalue weighted by Crippen LogP contribution is -2.29. The van der Waals surface area contributed by atoms with E-state index in [0.29, 0.717) is 55.7 Å². The van der Waals surface area contributed by atoms with Gasteiger partial charge in [0.05, 0.1) is 9.93 Å². The van der Waals surface area contributed by atoms with Gasteiger partial charge in [-0.25, -0.2) is 0 Å². The largest absolute Gasteiger partial charge is 0.481 e. The van der Waals surface area contributed by atoms with Crippen molar-refractivity contribution in [2.45, 2.75) is 19.3 Å². The summed E-state index contributed by atoms with van der Waals surface area (Å²) >= 11 is 18.6. The molecule has 1 amide bonds. The summed E-state index contributed by atoms with van der Waals surface area (Å²) in [4.78, 5) is 25.1. The summed E-state index contributed by atoms with van der Waals surface area (Å²) in [5.41, 5.74) is 0.705. The second kappa shape index (κ2) is 9.13. The van der Waals surface area contributed by atoms with Crippen molar-refractivity contribution in [1.82, 2.24) is 4.90 Å². The van der Waals surface area contributed by atoms with Crippen LogP contribution < -0.4 is 0 Å². The molecule has 1 saturated heterocycles. The first-order valence-corrected chi connectivity index (χ1v) is 10.4. The first-order chi connectivity index (χ1) is 13.3. The normalized spacial score (nSPS) is 15.6. The van der Waals surface area contributed by atoms with E-state index in [1.54, 1.807) is 36.4 Å². The second-order valence-corrected chi connectivity index (χ2v) is 8.53. The van der Waals surface area contributed by atoms with Gasteiger partial charge in [-0.2, -0.15) is 0 Å². The molecule has 1 fully saturated rings. The van der Waals surface area contributed by atoms with Gasteiger partial charge in [-0.3, -0.25) is 14.5 Å². The quantitative estimate of drug-likeness (QED) is 0.327. The smallest absolute Gasteiger partial charge is 0.303 e. The first-order valence-electron chi connectivity index (χ1n) is 8.37. The second-order valence-electron chi connectivity index (χ2n) is 6.01. The third kappa shape index (κ3) is 4.97. The van der Waals surface area contributed by atoms with E-state index in [9.17, 15) is 9.59 Å². The number of hydrogen-bond donors (Lipinski definition) is 1. The van der Waals surface area contributed by atoms with Crippen molar-refractivity contribution in [1.29, 1.82) is 0 Å². The van der Waals surface area contributed by atoms with Crippen LogP contribution in [0.2, 0.25) is 10.0 Å². The number of hydrogen-bond acceptors (Lipinski definition) is 5. The Bertz CT molecular complexity index is 971. The third-order valence-corrected chi connectivity index (χ3v) is 5.92. The van der Waals surface area contributed by atoms with Gasteiger partial charge < -0.3 is 9.52 Å². The topological polar surface area (TPSA) is 70.8 Å². The van der Waals surface area contributed by atoms with Gasteiger partial charge in [0.1, 0.15) is 15.8 Å². The molecule has 3 rings (SSSR count). The number of thiocarbonyl (C=S) groups is 1. The molecule has 1 aliphatic rings. The SMILES string of the molecule is O=C(O)CCCCN1C(=O)/C(=C/c2ccc(-c3ccc(Cl)cc3Cl)o2)SC1=S. The molecular weight excluding hydrogens is 441 g/mol. The molecule has 1 aromatic heterocycles. The van der Waals surface area contributed by atoms with Crippen LogP contribution in [0.4, 0.5) is 0 Å². The Morgan fingerprint density at radius 3 is 2.75 bits per heavy atom. The Morgan fingerprint density at radius 2 is 2.04 bits per heavy atom. The highest BCUT2D eigenvalue weighted by Gasteiger charge is 2.31. The molecule has 2 aromatic rings. The van der Waals surface area contributed by atoms with Crippen LogP contribution in [0, 0.1) is 0 Å². The van der Waals surface area contributed by atoms with Gasteiger partial charge >= 0.3 is 5.97 Å². The Morgan fingerprint density at radius 1 is 1.25 bits per heavy atom. The third-order valence-electron chi connectivity index (χ3n) is 3.99. The zero-order valence-electron chi connectivity index (χ0n) is 14.5. The number of carbonyl (C=O) groups excluding carboxylic acids is 1. The molecule has 28 heavy (non-hydrogen) atoms. The van der Waals surface area contributed by atoms with E-state index in [-0.39, 0.29) is 12.3 Å². The number of carbonyl (C=O) groups is 2. The van der Waals surface area contributed by atoms with Crippen molar-refractivity contribution in [3.8, 4) is 11.3 Å². The zero-order valence-corrected chi connectivity index (χ0v) is 17.6. The van der Waals surface area contributed by atoms with Crippen LogP contribution in [0.5, 0.6) is 0 Å². The van der Waals surface area contributed by atoms with Crippen molar-refractivity contribution in [2.24, 2.45) is 0 Å². The molecule has 0 saturated carbocycles. The Labute approximate surface area is 181 Å². The number of aliphatic carboxylic acids is 1. The van der Waals surface area contributed by atoms with Crippen LogP contribution in [-0.2, 0) is 9.59 Å². The number of carboxylic acids is 1. The molecule has 146 valence electrons. The predicted octanol–water partition coefficient (Wildman–Crippen LogP) is 5.71. The number of halogens is 2. The number of benzene rings is 1. The minimum absolute atomic E-state index is 0.0764. The standard InChI is InChI=1S/C19H15Cl2NO4S2/c20-11-4-6-13(14(21)9-11)15-7-5-12(26-15)10-16-18(25)22(19(27)28-16)8-2-1-3-17(23)24/h4-7,9-10H,1-3,8H2,(H,23,24)/b16-10-. The van der Waals surface area contributed by atoms with Crippen molar-refractivity contribution >= 4 is 69.5 Å². The van der Waals surface area contributed by atoms with E-state index < -0.39 is 5.97 Å². The van der Waals surface area contributed by atoms with Crippen LogP contribution >= 0.6 is 47.2 Å². The highest BCUT2D eigenvalue weighted by molar-refractivity contribution is 8.26. The molecule has 0 aliphatic carbocycles. The van der Waals surface area contributed by atoms with Crippen molar-refractivity contribution in [2.75, 3.05) is 6.54 Å². The fourth-order valence-electron chi connectivity index (χ4n) is 2.63. The van der Waals surface area contributed by atoms with Crippen LogP contribution in [0.15, 0.2) is 39.7 Å². The van der Waals surface area contributed by atoms with Gasteiger partial charge in [-0.05, 0) is 43.2 Å². The molecule has 2 heterocycles. The van der Waals surface area contributed by atoms with Crippen LogP contribution in [-0.4, -0.2) is 32.7 Å². The van der Waals surface area contributed by atoms with E-state index in [1.807, 2.05) is 0 Å². The Balaban J connectivity index is 1.70. The van der Waals surface area contributed by atoms with E-state index in [0.717, 1.165) is 0 Å². The number of amides is 1. The van der Waals surface area contributed by atoms with E-state index in [4.69, 9.17) is 44.9 Å². The lowest BCUT2D eigenvalue weighted by atomic mass is 10.2. The minimum atomic E-state index is -0.848. The van der Waals surface area contributed by atoms with Crippen molar-refractivity contribution < 1.29 is 19.1 Å². The molecule has 0 radical (unpaired) electrons. The summed E-state index contributed by atoms with van der Waals surface area (Å²) in [5, 5.41) is 9.69. The van der Waals surface area contributed by atoms with E-state index in [1.165, 1.54) is 16.7 Å². The van der Waals surface area contributed by atoms with Crippen LogP contribution in [0.3, 0.4) is 0 Å². The number of furan rings is 1. The predicted molar refractivity (Wildman–Crippen MR) is 116 cm³/mol. The van der Waals surface area contributed by atoms with Gasteiger partial charge in [0.15, 0.2) is 0 Å². The molecule has 9 heteroatoms. The monoisotopic (exact) mass is 455 g/mol. The van der Waals surface area contributed by atoms with Gasteiger partial charge in [0.25, 0.3) is 5.91 Å². The molecule has 1 aliphatic heterocycles. The molecular formula is C19H15Cl2NO4S2. The van der Waals surface area contributed by atoms with Crippen LogP contribution in [0.1, 0.15) is 25.0 Å². The molecule has 0 spiro atoms.